The molecular formula is C15H18N2O2S2. The number of hydrogen-bond acceptors (Lipinski definition) is 4. The monoisotopic (exact) mass is 322 g/mol. The molecule has 1 aromatic carbocycles. The second-order valence-electron chi connectivity index (χ2n) is 5.32. The van der Waals surface area contributed by atoms with Gasteiger partial charge >= 0.3 is 6.03 Å². The highest BCUT2D eigenvalue weighted by molar-refractivity contribution is 7.99. The minimum absolute atomic E-state index is 0.226. The van der Waals surface area contributed by atoms with Crippen LogP contribution in [0.1, 0.15) is 12.0 Å². The second-order valence-corrected chi connectivity index (χ2v) is 7.34. The topological polar surface area (TPSA) is 61.4 Å². The molecule has 1 saturated heterocycles. The maximum Gasteiger partial charge on any atom is 0.315 e. The van der Waals surface area contributed by atoms with E-state index in [9.17, 15) is 9.90 Å². The summed E-state index contributed by atoms with van der Waals surface area (Å²) in [5.74, 6) is 1.66. The van der Waals surface area contributed by atoms with Gasteiger partial charge in [-0.3, -0.25) is 0 Å². The lowest BCUT2D eigenvalue weighted by atomic mass is 10.0. The quantitative estimate of drug-likeness (QED) is 0.811. The molecule has 1 aromatic heterocycles. The fourth-order valence-corrected chi connectivity index (χ4v) is 4.65. The number of benzene rings is 1. The Morgan fingerprint density at radius 1 is 1.33 bits per heavy atom. The first-order chi connectivity index (χ1) is 10.2. The molecule has 1 fully saturated rings. The van der Waals surface area contributed by atoms with Gasteiger partial charge in [-0.2, -0.15) is 11.8 Å². The van der Waals surface area contributed by atoms with E-state index in [4.69, 9.17) is 0 Å². The van der Waals surface area contributed by atoms with Crippen LogP contribution in [0.15, 0.2) is 29.6 Å². The van der Waals surface area contributed by atoms with Gasteiger partial charge in [0.2, 0.25) is 0 Å². The summed E-state index contributed by atoms with van der Waals surface area (Å²) in [6.45, 7) is 0.819. The summed E-state index contributed by atoms with van der Waals surface area (Å²) in [7, 11) is 0. The summed E-state index contributed by atoms with van der Waals surface area (Å²) in [5, 5.41) is 19.1. The summed E-state index contributed by atoms with van der Waals surface area (Å²) >= 11 is 3.41. The molecule has 1 atom stereocenters. The minimum atomic E-state index is -0.739. The third-order valence-corrected chi connectivity index (χ3v) is 5.91. The molecule has 0 radical (unpaired) electrons. The molecule has 6 heteroatoms. The molecule has 4 nitrogen and oxygen atoms in total. The molecule has 2 amide bonds. The van der Waals surface area contributed by atoms with Crippen molar-refractivity contribution in [2.75, 3.05) is 18.1 Å². The first-order valence-electron chi connectivity index (χ1n) is 6.93. The predicted octanol–water partition coefficient (Wildman–Crippen LogP) is 2.57. The fraction of sp³-hybridized carbons (Fsp3) is 0.400. The van der Waals surface area contributed by atoms with Crippen LogP contribution in [0.4, 0.5) is 4.79 Å². The molecule has 21 heavy (non-hydrogen) atoms. The van der Waals surface area contributed by atoms with Gasteiger partial charge in [0.1, 0.15) is 0 Å². The van der Waals surface area contributed by atoms with Crippen molar-refractivity contribution in [3.05, 3.63) is 35.2 Å². The highest BCUT2D eigenvalue weighted by atomic mass is 32.2. The lowest BCUT2D eigenvalue weighted by Crippen LogP contribution is -2.46. The van der Waals surface area contributed by atoms with E-state index in [0.717, 1.165) is 17.7 Å². The number of nitrogens with one attached hydrogen (secondary N) is 2. The van der Waals surface area contributed by atoms with Gasteiger partial charge in [-0.05, 0) is 34.6 Å². The fourth-order valence-electron chi connectivity index (χ4n) is 2.39. The Morgan fingerprint density at radius 3 is 3.00 bits per heavy atom. The number of rotatable bonds is 4. The SMILES string of the molecule is O=C(NCc1csc2ccccc12)NCC1(O)CCSC1. The molecule has 0 aliphatic carbocycles. The zero-order valence-electron chi connectivity index (χ0n) is 11.6. The Labute approximate surface area is 131 Å². The number of carbonyl (C=O) groups is 1. The van der Waals surface area contributed by atoms with E-state index in [1.165, 1.54) is 10.1 Å². The number of urea groups is 1. The number of thioether (sulfide) groups is 1. The molecule has 1 unspecified atom stereocenters. The smallest absolute Gasteiger partial charge is 0.315 e. The molecule has 1 aliphatic rings. The normalized spacial score (nSPS) is 21.6. The van der Waals surface area contributed by atoms with Gasteiger partial charge in [-0.15, -0.1) is 11.3 Å². The van der Waals surface area contributed by atoms with Crippen LogP contribution in [0.25, 0.3) is 10.1 Å². The number of amides is 2. The highest BCUT2D eigenvalue weighted by Gasteiger charge is 2.31. The van der Waals surface area contributed by atoms with E-state index in [-0.39, 0.29) is 6.03 Å². The standard InChI is InChI=1S/C15H18N2O2S2/c18-14(17-9-15(19)5-6-20-10-15)16-7-11-8-21-13-4-2-1-3-12(11)13/h1-4,8,19H,5-7,9-10H2,(H2,16,17,18). The maximum atomic E-state index is 11.8. The molecule has 3 rings (SSSR count). The van der Waals surface area contributed by atoms with E-state index >= 15 is 0 Å². The van der Waals surface area contributed by atoms with Crippen LogP contribution in [-0.2, 0) is 6.54 Å². The van der Waals surface area contributed by atoms with E-state index in [1.807, 2.05) is 12.1 Å². The van der Waals surface area contributed by atoms with Gasteiger partial charge in [-0.1, -0.05) is 18.2 Å². The van der Waals surface area contributed by atoms with Gasteiger partial charge < -0.3 is 15.7 Å². The largest absolute Gasteiger partial charge is 0.387 e. The lowest BCUT2D eigenvalue weighted by molar-refractivity contribution is 0.0700. The molecule has 1 aliphatic heterocycles. The van der Waals surface area contributed by atoms with Gasteiger partial charge in [0.25, 0.3) is 0 Å². The number of fused-ring (bicyclic) bond motifs is 1. The maximum absolute atomic E-state index is 11.8. The van der Waals surface area contributed by atoms with E-state index in [2.05, 4.69) is 28.1 Å². The van der Waals surface area contributed by atoms with Crippen LogP contribution in [-0.4, -0.2) is 34.8 Å². The lowest BCUT2D eigenvalue weighted by Gasteiger charge is -2.21. The Bertz CT molecular complexity index is 635. The van der Waals surface area contributed by atoms with Crippen molar-refractivity contribution < 1.29 is 9.90 Å². The van der Waals surface area contributed by atoms with Crippen molar-refractivity contribution >= 4 is 39.2 Å². The summed E-state index contributed by atoms with van der Waals surface area (Å²) in [6.07, 6.45) is 0.743. The van der Waals surface area contributed by atoms with Crippen LogP contribution >= 0.6 is 23.1 Å². The van der Waals surface area contributed by atoms with Crippen LogP contribution in [0.5, 0.6) is 0 Å². The zero-order valence-corrected chi connectivity index (χ0v) is 13.2. The van der Waals surface area contributed by atoms with Gasteiger partial charge in [0.15, 0.2) is 0 Å². The van der Waals surface area contributed by atoms with Crippen molar-refractivity contribution in [2.24, 2.45) is 0 Å². The number of thiophene rings is 1. The number of carbonyl (C=O) groups excluding carboxylic acids is 1. The number of hydrogen-bond donors (Lipinski definition) is 3. The van der Waals surface area contributed by atoms with Gasteiger partial charge in [0, 0.05) is 23.5 Å². The van der Waals surface area contributed by atoms with E-state index in [1.54, 1.807) is 23.1 Å². The van der Waals surface area contributed by atoms with Crippen LogP contribution in [0.2, 0.25) is 0 Å². The average Bonchev–Trinajstić information content (AvgIpc) is 3.10. The Kier molecular flexibility index (Phi) is 4.37. The van der Waals surface area contributed by atoms with Crippen LogP contribution in [0, 0.1) is 0 Å². The van der Waals surface area contributed by atoms with Crippen molar-refractivity contribution in [2.45, 2.75) is 18.6 Å². The summed E-state index contributed by atoms with van der Waals surface area (Å²) in [5.41, 5.74) is 0.387. The predicted molar refractivity (Wildman–Crippen MR) is 89.0 cm³/mol. The Morgan fingerprint density at radius 2 is 2.19 bits per heavy atom. The molecule has 0 spiro atoms. The molecule has 2 heterocycles. The molecule has 3 N–H and O–H groups in total. The summed E-state index contributed by atoms with van der Waals surface area (Å²) < 4.78 is 1.23. The summed E-state index contributed by atoms with van der Waals surface area (Å²) in [4.78, 5) is 11.8. The van der Waals surface area contributed by atoms with Crippen LogP contribution in [0.3, 0.4) is 0 Å². The molecule has 0 saturated carbocycles. The minimum Gasteiger partial charge on any atom is -0.387 e. The number of aliphatic hydroxyl groups is 1. The van der Waals surface area contributed by atoms with Crippen molar-refractivity contribution in [1.29, 1.82) is 0 Å². The molecule has 0 bridgehead atoms. The van der Waals surface area contributed by atoms with E-state index in [0.29, 0.717) is 18.8 Å². The average molecular weight is 322 g/mol. The third kappa shape index (κ3) is 3.51. The first-order valence-corrected chi connectivity index (χ1v) is 8.97. The van der Waals surface area contributed by atoms with Gasteiger partial charge in [0.05, 0.1) is 5.60 Å². The van der Waals surface area contributed by atoms with Crippen molar-refractivity contribution in [3.63, 3.8) is 0 Å². The Balaban J connectivity index is 1.51. The first kappa shape index (κ1) is 14.7. The third-order valence-electron chi connectivity index (χ3n) is 3.66. The summed E-state index contributed by atoms with van der Waals surface area (Å²) in [6, 6.07) is 7.95. The second kappa shape index (κ2) is 6.25. The zero-order chi connectivity index (χ0) is 14.7. The molecule has 112 valence electrons. The van der Waals surface area contributed by atoms with Gasteiger partial charge in [-0.25, -0.2) is 4.79 Å². The van der Waals surface area contributed by atoms with Crippen molar-refractivity contribution in [1.82, 2.24) is 10.6 Å². The van der Waals surface area contributed by atoms with Crippen LogP contribution < -0.4 is 10.6 Å². The van der Waals surface area contributed by atoms with Crippen molar-refractivity contribution in [3.8, 4) is 0 Å². The molecule has 2 aromatic rings. The Hall–Kier alpha value is -1.24. The van der Waals surface area contributed by atoms with E-state index < -0.39 is 5.60 Å². The highest BCUT2D eigenvalue weighted by Crippen LogP contribution is 2.27. The molecular weight excluding hydrogens is 304 g/mol.